The van der Waals surface area contributed by atoms with Crippen LogP contribution >= 0.6 is 0 Å². The van der Waals surface area contributed by atoms with E-state index in [9.17, 15) is 9.90 Å². The van der Waals surface area contributed by atoms with Gasteiger partial charge in [0.2, 0.25) is 0 Å². The van der Waals surface area contributed by atoms with Crippen molar-refractivity contribution < 1.29 is 9.90 Å². The molecule has 90 valence electrons. The van der Waals surface area contributed by atoms with Crippen molar-refractivity contribution in [2.24, 2.45) is 0 Å². The number of fused-ring (bicyclic) bond motifs is 3. The number of nitrogens with zero attached hydrogens (tertiary/aromatic N) is 1. The summed E-state index contributed by atoms with van der Waals surface area (Å²) >= 11 is 0. The van der Waals surface area contributed by atoms with Crippen LogP contribution in [0, 0.1) is 0 Å². The smallest absolute Gasteiger partial charge is 0.412 e. The average molecular weight is 232 g/mol. The van der Waals surface area contributed by atoms with Gasteiger partial charge in [0.05, 0.1) is 11.7 Å². The summed E-state index contributed by atoms with van der Waals surface area (Å²) in [5, 5.41) is 12.7. The van der Waals surface area contributed by atoms with E-state index in [1.54, 1.807) is 0 Å². The standard InChI is InChI=1S/C13H16N2O2/c16-13(17)15-11-6-2-1-4-9(11)10-5-3-7-14-8-12(10)15/h1-2,4,6,10,12,14H,3,5,7-8H2,(H,16,17). The maximum absolute atomic E-state index is 11.4. The van der Waals surface area contributed by atoms with Crippen LogP contribution in [0.15, 0.2) is 24.3 Å². The van der Waals surface area contributed by atoms with Gasteiger partial charge in [0, 0.05) is 12.5 Å². The molecule has 4 heteroatoms. The van der Waals surface area contributed by atoms with Crippen LogP contribution in [0.2, 0.25) is 0 Å². The number of carboxylic acid groups (broad SMARTS) is 1. The van der Waals surface area contributed by atoms with E-state index in [4.69, 9.17) is 0 Å². The number of anilines is 1. The molecule has 2 aliphatic rings. The Bertz CT molecular complexity index is 447. The van der Waals surface area contributed by atoms with Crippen molar-refractivity contribution in [1.29, 1.82) is 0 Å². The number of para-hydroxylation sites is 1. The van der Waals surface area contributed by atoms with Gasteiger partial charge in [0.1, 0.15) is 0 Å². The summed E-state index contributed by atoms with van der Waals surface area (Å²) in [4.78, 5) is 13.0. The lowest BCUT2D eigenvalue weighted by atomic mass is 9.91. The number of nitrogens with one attached hydrogen (secondary N) is 1. The molecule has 2 heterocycles. The van der Waals surface area contributed by atoms with Gasteiger partial charge in [-0.25, -0.2) is 4.79 Å². The average Bonchev–Trinajstić information content (AvgIpc) is 2.48. The van der Waals surface area contributed by atoms with Gasteiger partial charge in [0.25, 0.3) is 0 Å². The van der Waals surface area contributed by atoms with Gasteiger partial charge in [-0.1, -0.05) is 18.2 Å². The fourth-order valence-corrected chi connectivity index (χ4v) is 3.11. The number of rotatable bonds is 0. The van der Waals surface area contributed by atoms with Crippen LogP contribution in [0.4, 0.5) is 10.5 Å². The molecule has 1 aromatic rings. The Morgan fingerprint density at radius 1 is 1.41 bits per heavy atom. The molecule has 1 fully saturated rings. The molecule has 0 saturated carbocycles. The minimum atomic E-state index is -0.839. The van der Waals surface area contributed by atoms with E-state index in [1.807, 2.05) is 18.2 Å². The lowest BCUT2D eigenvalue weighted by Crippen LogP contribution is -2.43. The zero-order chi connectivity index (χ0) is 11.8. The molecule has 2 aliphatic heterocycles. The second-order valence-electron chi connectivity index (χ2n) is 4.73. The van der Waals surface area contributed by atoms with Crippen molar-refractivity contribution in [2.45, 2.75) is 24.8 Å². The molecular formula is C13H16N2O2. The minimum Gasteiger partial charge on any atom is -0.465 e. The zero-order valence-electron chi connectivity index (χ0n) is 9.60. The van der Waals surface area contributed by atoms with E-state index >= 15 is 0 Å². The summed E-state index contributed by atoms with van der Waals surface area (Å²) < 4.78 is 0. The summed E-state index contributed by atoms with van der Waals surface area (Å²) in [6.45, 7) is 1.74. The molecule has 1 aromatic carbocycles. The summed E-state index contributed by atoms with van der Waals surface area (Å²) in [7, 11) is 0. The first-order chi connectivity index (χ1) is 8.29. The predicted molar refractivity (Wildman–Crippen MR) is 65.6 cm³/mol. The van der Waals surface area contributed by atoms with Crippen LogP contribution in [-0.4, -0.2) is 30.3 Å². The largest absolute Gasteiger partial charge is 0.465 e. The molecule has 0 bridgehead atoms. The molecule has 2 N–H and O–H groups in total. The highest BCUT2D eigenvalue weighted by molar-refractivity contribution is 5.90. The van der Waals surface area contributed by atoms with E-state index in [2.05, 4.69) is 11.4 Å². The van der Waals surface area contributed by atoms with Crippen molar-refractivity contribution >= 4 is 11.8 Å². The Hall–Kier alpha value is -1.55. The summed E-state index contributed by atoms with van der Waals surface area (Å²) in [5.74, 6) is 0.359. The predicted octanol–water partition coefficient (Wildman–Crippen LogP) is 2.02. The highest BCUT2D eigenvalue weighted by Gasteiger charge is 2.41. The quantitative estimate of drug-likeness (QED) is 0.719. The van der Waals surface area contributed by atoms with Crippen LogP contribution in [0.3, 0.4) is 0 Å². The van der Waals surface area contributed by atoms with E-state index in [0.717, 1.165) is 31.6 Å². The molecule has 0 radical (unpaired) electrons. The topological polar surface area (TPSA) is 52.6 Å². The Kier molecular flexibility index (Phi) is 2.52. The van der Waals surface area contributed by atoms with E-state index in [0.29, 0.717) is 5.92 Å². The van der Waals surface area contributed by atoms with Crippen molar-refractivity contribution in [3.05, 3.63) is 29.8 Å². The van der Waals surface area contributed by atoms with Crippen LogP contribution in [0.25, 0.3) is 0 Å². The molecule has 0 aliphatic carbocycles. The van der Waals surface area contributed by atoms with Crippen LogP contribution < -0.4 is 10.2 Å². The fraction of sp³-hybridized carbons (Fsp3) is 0.462. The first-order valence-corrected chi connectivity index (χ1v) is 6.11. The number of carbonyl (C=O) groups is 1. The zero-order valence-corrected chi connectivity index (χ0v) is 9.60. The molecule has 0 aromatic heterocycles. The van der Waals surface area contributed by atoms with Crippen LogP contribution in [0.1, 0.15) is 24.3 Å². The molecule has 3 rings (SSSR count). The summed E-state index contributed by atoms with van der Waals surface area (Å²) in [5.41, 5.74) is 2.07. The number of amides is 1. The number of benzene rings is 1. The first-order valence-electron chi connectivity index (χ1n) is 6.11. The van der Waals surface area contributed by atoms with Crippen molar-refractivity contribution in [3.63, 3.8) is 0 Å². The second kappa shape index (κ2) is 4.04. The van der Waals surface area contributed by atoms with Crippen LogP contribution in [0.5, 0.6) is 0 Å². The maximum Gasteiger partial charge on any atom is 0.412 e. The second-order valence-corrected chi connectivity index (χ2v) is 4.73. The van der Waals surface area contributed by atoms with Gasteiger partial charge in [-0.2, -0.15) is 0 Å². The third-order valence-electron chi connectivity index (χ3n) is 3.82. The maximum atomic E-state index is 11.4. The Labute approximate surface area is 100 Å². The lowest BCUT2D eigenvalue weighted by molar-refractivity contribution is 0.199. The molecule has 17 heavy (non-hydrogen) atoms. The first kappa shape index (κ1) is 10.6. The Morgan fingerprint density at radius 2 is 2.24 bits per heavy atom. The van der Waals surface area contributed by atoms with Crippen LogP contribution in [-0.2, 0) is 0 Å². The molecule has 4 nitrogen and oxygen atoms in total. The SMILES string of the molecule is O=C(O)N1c2ccccc2C2CCCNCC21. The monoisotopic (exact) mass is 232 g/mol. The van der Waals surface area contributed by atoms with Gasteiger partial charge in [-0.3, -0.25) is 4.90 Å². The summed E-state index contributed by atoms with van der Waals surface area (Å²) in [6.07, 6.45) is 1.34. The Morgan fingerprint density at radius 3 is 3.06 bits per heavy atom. The minimum absolute atomic E-state index is 0.0624. The van der Waals surface area contributed by atoms with Gasteiger partial charge in [-0.15, -0.1) is 0 Å². The highest BCUT2D eigenvalue weighted by Crippen LogP contribution is 2.43. The van der Waals surface area contributed by atoms with E-state index in [1.165, 1.54) is 10.5 Å². The molecular weight excluding hydrogens is 216 g/mol. The molecule has 0 spiro atoms. The van der Waals surface area contributed by atoms with E-state index < -0.39 is 6.09 Å². The Balaban J connectivity index is 2.07. The van der Waals surface area contributed by atoms with Gasteiger partial charge in [0.15, 0.2) is 0 Å². The lowest BCUT2D eigenvalue weighted by Gasteiger charge is -2.24. The summed E-state index contributed by atoms with van der Waals surface area (Å²) in [6, 6.07) is 7.96. The third kappa shape index (κ3) is 1.60. The number of hydrogen-bond acceptors (Lipinski definition) is 2. The normalized spacial score (nSPS) is 27.2. The highest BCUT2D eigenvalue weighted by atomic mass is 16.4. The molecule has 1 saturated heterocycles. The van der Waals surface area contributed by atoms with Gasteiger partial charge < -0.3 is 10.4 Å². The molecule has 1 amide bonds. The van der Waals surface area contributed by atoms with Crippen molar-refractivity contribution in [1.82, 2.24) is 5.32 Å². The van der Waals surface area contributed by atoms with Gasteiger partial charge >= 0.3 is 6.09 Å². The number of hydrogen-bond donors (Lipinski definition) is 2. The molecule has 2 atom stereocenters. The van der Waals surface area contributed by atoms with Crippen molar-refractivity contribution in [2.75, 3.05) is 18.0 Å². The third-order valence-corrected chi connectivity index (χ3v) is 3.82. The van der Waals surface area contributed by atoms with E-state index in [-0.39, 0.29) is 6.04 Å². The molecule has 2 unspecified atom stereocenters. The van der Waals surface area contributed by atoms with Crippen molar-refractivity contribution in [3.8, 4) is 0 Å². The fourth-order valence-electron chi connectivity index (χ4n) is 3.11. The van der Waals surface area contributed by atoms with Gasteiger partial charge in [-0.05, 0) is 31.0 Å².